The van der Waals surface area contributed by atoms with Gasteiger partial charge in [-0.2, -0.15) is 13.2 Å². The number of aliphatic imine (C=N–C) groups is 1. The standard InChI is InChI=1S/C8H14F3N/c1-2-3-4-5-6-12-7-8(9,10)11/h7H,2-6H2,1H3. The molecule has 4 heteroatoms. The van der Waals surface area contributed by atoms with Crippen molar-refractivity contribution in [3.8, 4) is 0 Å². The van der Waals surface area contributed by atoms with Crippen LogP contribution in [-0.2, 0) is 0 Å². The second-order valence-corrected chi connectivity index (χ2v) is 2.64. The molecule has 0 heterocycles. The minimum Gasteiger partial charge on any atom is -0.288 e. The van der Waals surface area contributed by atoms with Gasteiger partial charge < -0.3 is 0 Å². The molecule has 0 aliphatic heterocycles. The summed E-state index contributed by atoms with van der Waals surface area (Å²) in [5, 5.41) is 0. The van der Waals surface area contributed by atoms with Crippen LogP contribution < -0.4 is 0 Å². The van der Waals surface area contributed by atoms with Gasteiger partial charge in [0, 0.05) is 6.54 Å². The van der Waals surface area contributed by atoms with Crippen molar-refractivity contribution in [2.75, 3.05) is 6.54 Å². The monoisotopic (exact) mass is 181 g/mol. The number of rotatable bonds is 5. The highest BCUT2D eigenvalue weighted by molar-refractivity contribution is 5.63. The van der Waals surface area contributed by atoms with Gasteiger partial charge in [-0.05, 0) is 6.42 Å². The third-order valence-corrected chi connectivity index (χ3v) is 1.38. The van der Waals surface area contributed by atoms with Crippen LogP contribution in [0.3, 0.4) is 0 Å². The molecule has 0 radical (unpaired) electrons. The van der Waals surface area contributed by atoms with E-state index in [1.807, 2.05) is 0 Å². The topological polar surface area (TPSA) is 12.4 Å². The van der Waals surface area contributed by atoms with Gasteiger partial charge in [0.1, 0.15) is 6.21 Å². The molecule has 0 aliphatic rings. The van der Waals surface area contributed by atoms with Crippen molar-refractivity contribution in [1.82, 2.24) is 0 Å². The van der Waals surface area contributed by atoms with Crippen molar-refractivity contribution < 1.29 is 13.2 Å². The lowest BCUT2D eigenvalue weighted by Crippen LogP contribution is -2.08. The normalized spacial score (nSPS) is 12.7. The van der Waals surface area contributed by atoms with Gasteiger partial charge in [-0.15, -0.1) is 0 Å². The number of halogens is 3. The maximum Gasteiger partial charge on any atom is 0.426 e. The van der Waals surface area contributed by atoms with E-state index in [0.717, 1.165) is 25.7 Å². The van der Waals surface area contributed by atoms with E-state index >= 15 is 0 Å². The second-order valence-electron chi connectivity index (χ2n) is 2.64. The summed E-state index contributed by atoms with van der Waals surface area (Å²) in [6.07, 6.45) is -0.305. The van der Waals surface area contributed by atoms with Gasteiger partial charge in [0.15, 0.2) is 0 Å². The zero-order valence-electron chi connectivity index (χ0n) is 7.19. The predicted octanol–water partition coefficient (Wildman–Crippen LogP) is 3.20. The van der Waals surface area contributed by atoms with Crippen LogP contribution in [-0.4, -0.2) is 18.9 Å². The Bertz CT molecular complexity index is 129. The van der Waals surface area contributed by atoms with Crippen LogP contribution in [0.2, 0.25) is 0 Å². The summed E-state index contributed by atoms with van der Waals surface area (Å²) in [5.41, 5.74) is 0. The Hall–Kier alpha value is -0.540. The fourth-order valence-corrected chi connectivity index (χ4v) is 0.798. The van der Waals surface area contributed by atoms with Crippen LogP contribution in [0.15, 0.2) is 4.99 Å². The molecule has 0 spiro atoms. The molecular formula is C8H14F3N. The van der Waals surface area contributed by atoms with Crippen molar-refractivity contribution in [2.24, 2.45) is 4.99 Å². The first-order valence-corrected chi connectivity index (χ1v) is 4.14. The highest BCUT2D eigenvalue weighted by atomic mass is 19.4. The molecule has 0 aromatic carbocycles. The molecular weight excluding hydrogens is 167 g/mol. The highest BCUT2D eigenvalue weighted by Crippen LogP contribution is 2.10. The molecule has 0 bridgehead atoms. The van der Waals surface area contributed by atoms with Crippen LogP contribution in [0.25, 0.3) is 0 Å². The molecule has 0 N–H and O–H groups in total. The van der Waals surface area contributed by atoms with E-state index in [-0.39, 0.29) is 6.21 Å². The first-order valence-electron chi connectivity index (χ1n) is 4.14. The van der Waals surface area contributed by atoms with Crippen molar-refractivity contribution in [2.45, 2.75) is 38.8 Å². The van der Waals surface area contributed by atoms with Crippen molar-refractivity contribution in [3.63, 3.8) is 0 Å². The van der Waals surface area contributed by atoms with Crippen molar-refractivity contribution >= 4 is 6.21 Å². The third kappa shape index (κ3) is 9.46. The summed E-state index contributed by atoms with van der Waals surface area (Å²) in [6, 6.07) is 0. The van der Waals surface area contributed by atoms with E-state index in [1.54, 1.807) is 0 Å². The first kappa shape index (κ1) is 11.5. The van der Waals surface area contributed by atoms with E-state index in [0.29, 0.717) is 6.54 Å². The molecule has 12 heavy (non-hydrogen) atoms. The third-order valence-electron chi connectivity index (χ3n) is 1.38. The molecule has 0 fully saturated rings. The highest BCUT2D eigenvalue weighted by Gasteiger charge is 2.22. The molecule has 0 aromatic rings. The number of nitrogens with zero attached hydrogens (tertiary/aromatic N) is 1. The van der Waals surface area contributed by atoms with Crippen LogP contribution in [0, 0.1) is 0 Å². The molecule has 0 saturated heterocycles. The summed E-state index contributed by atoms with van der Waals surface area (Å²) in [4.78, 5) is 3.26. The molecule has 0 atom stereocenters. The number of unbranched alkanes of at least 4 members (excludes halogenated alkanes) is 3. The fourth-order valence-electron chi connectivity index (χ4n) is 0.798. The van der Waals surface area contributed by atoms with Gasteiger partial charge in [-0.3, -0.25) is 4.99 Å². The lowest BCUT2D eigenvalue weighted by Gasteiger charge is -1.97. The molecule has 0 saturated carbocycles. The van der Waals surface area contributed by atoms with E-state index in [4.69, 9.17) is 0 Å². The summed E-state index contributed by atoms with van der Waals surface area (Å²) < 4.78 is 34.4. The SMILES string of the molecule is CCCCCCN=CC(F)(F)F. The summed E-state index contributed by atoms with van der Waals surface area (Å²) in [6.45, 7) is 2.35. The maximum absolute atomic E-state index is 11.5. The van der Waals surface area contributed by atoms with Crippen LogP contribution >= 0.6 is 0 Å². The zero-order chi connectivity index (χ0) is 9.45. The summed E-state index contributed by atoms with van der Waals surface area (Å²) >= 11 is 0. The fraction of sp³-hybridized carbons (Fsp3) is 0.875. The van der Waals surface area contributed by atoms with Crippen molar-refractivity contribution in [3.05, 3.63) is 0 Å². The predicted molar refractivity (Wildman–Crippen MR) is 43.6 cm³/mol. The summed E-state index contributed by atoms with van der Waals surface area (Å²) in [5.74, 6) is 0. The Morgan fingerprint density at radius 1 is 1.17 bits per heavy atom. The van der Waals surface area contributed by atoms with Crippen LogP contribution in [0.5, 0.6) is 0 Å². The smallest absolute Gasteiger partial charge is 0.288 e. The Labute approximate surface area is 70.7 Å². The molecule has 0 amide bonds. The Morgan fingerprint density at radius 2 is 1.83 bits per heavy atom. The Morgan fingerprint density at radius 3 is 2.33 bits per heavy atom. The molecule has 0 aromatic heterocycles. The lowest BCUT2D eigenvalue weighted by atomic mass is 10.2. The number of alkyl halides is 3. The van der Waals surface area contributed by atoms with E-state index in [1.165, 1.54) is 0 Å². The van der Waals surface area contributed by atoms with Gasteiger partial charge in [0.05, 0.1) is 0 Å². The van der Waals surface area contributed by atoms with Gasteiger partial charge in [0.25, 0.3) is 0 Å². The zero-order valence-corrected chi connectivity index (χ0v) is 7.19. The summed E-state index contributed by atoms with van der Waals surface area (Å²) in [7, 11) is 0. The molecule has 1 nitrogen and oxygen atoms in total. The minimum atomic E-state index is -4.25. The maximum atomic E-state index is 11.5. The molecule has 0 unspecified atom stereocenters. The van der Waals surface area contributed by atoms with Crippen LogP contribution in [0.4, 0.5) is 13.2 Å². The number of hydrogen-bond acceptors (Lipinski definition) is 1. The molecule has 72 valence electrons. The van der Waals surface area contributed by atoms with Gasteiger partial charge >= 0.3 is 6.18 Å². The molecule has 0 rings (SSSR count). The second kappa shape index (κ2) is 6.03. The van der Waals surface area contributed by atoms with Crippen molar-refractivity contribution in [1.29, 1.82) is 0 Å². The Kier molecular flexibility index (Phi) is 5.76. The molecule has 0 aliphatic carbocycles. The average molecular weight is 181 g/mol. The number of hydrogen-bond donors (Lipinski definition) is 0. The average Bonchev–Trinajstić information content (AvgIpc) is 1.94. The van der Waals surface area contributed by atoms with Gasteiger partial charge in [0.2, 0.25) is 0 Å². The lowest BCUT2D eigenvalue weighted by molar-refractivity contribution is -0.0537. The van der Waals surface area contributed by atoms with Crippen LogP contribution in [0.1, 0.15) is 32.6 Å². The Balaban J connectivity index is 3.25. The van der Waals surface area contributed by atoms with E-state index in [2.05, 4.69) is 11.9 Å². The quantitative estimate of drug-likeness (QED) is 0.456. The van der Waals surface area contributed by atoms with E-state index in [9.17, 15) is 13.2 Å². The van der Waals surface area contributed by atoms with Gasteiger partial charge in [-0.1, -0.05) is 26.2 Å². The first-order chi connectivity index (χ1) is 5.56. The van der Waals surface area contributed by atoms with Gasteiger partial charge in [-0.25, -0.2) is 0 Å². The van der Waals surface area contributed by atoms with E-state index < -0.39 is 6.18 Å². The largest absolute Gasteiger partial charge is 0.426 e. The minimum absolute atomic E-state index is 0.0684.